The lowest BCUT2D eigenvalue weighted by Gasteiger charge is -2.38. The van der Waals surface area contributed by atoms with E-state index in [0.29, 0.717) is 25.9 Å². The van der Waals surface area contributed by atoms with Gasteiger partial charge in [-0.15, -0.1) is 0 Å². The quantitative estimate of drug-likeness (QED) is 0.368. The van der Waals surface area contributed by atoms with Crippen LogP contribution < -0.4 is 5.73 Å². The van der Waals surface area contributed by atoms with Crippen molar-refractivity contribution in [2.45, 2.75) is 19.8 Å². The maximum Gasteiger partial charge on any atom is 0.256 e. The lowest BCUT2D eigenvalue weighted by Crippen LogP contribution is -2.47. The molecule has 1 aromatic heterocycles. The highest BCUT2D eigenvalue weighted by Crippen LogP contribution is 2.31. The monoisotopic (exact) mass is 280 g/mol. The van der Waals surface area contributed by atoms with Gasteiger partial charge in [-0.1, -0.05) is 12.1 Å². The van der Waals surface area contributed by atoms with E-state index in [1.54, 1.807) is 4.90 Å². The first-order valence-electron chi connectivity index (χ1n) is 6.35. The molecule has 0 aliphatic carbocycles. The molecule has 2 rings (SSSR count). The average molecular weight is 280 g/mol. The average Bonchev–Trinajstić information content (AvgIpc) is 2.47. The van der Waals surface area contributed by atoms with Crippen LogP contribution in [0.15, 0.2) is 23.6 Å². The lowest BCUT2D eigenvalue weighted by atomic mass is 9.79. The number of amidine groups is 1. The highest BCUT2D eigenvalue weighted by molar-refractivity contribution is 5.94. The van der Waals surface area contributed by atoms with Crippen molar-refractivity contribution in [1.82, 2.24) is 9.88 Å². The summed E-state index contributed by atoms with van der Waals surface area (Å²) in [5.74, 6) is -0.812. The van der Waals surface area contributed by atoms with Crippen molar-refractivity contribution in [3.8, 4) is 0 Å². The van der Waals surface area contributed by atoms with E-state index in [2.05, 4.69) is 10.1 Å². The number of rotatable bonds is 2. The van der Waals surface area contributed by atoms with E-state index in [-0.39, 0.29) is 17.3 Å². The van der Waals surface area contributed by atoms with Gasteiger partial charge >= 0.3 is 0 Å². The summed E-state index contributed by atoms with van der Waals surface area (Å²) in [7, 11) is 0. The van der Waals surface area contributed by atoms with Gasteiger partial charge in [-0.25, -0.2) is 4.39 Å². The van der Waals surface area contributed by atoms with Gasteiger partial charge in [0, 0.05) is 24.7 Å². The van der Waals surface area contributed by atoms with Gasteiger partial charge in [0.05, 0.1) is 11.8 Å². The number of aromatic nitrogens is 1. The minimum absolute atomic E-state index is 0.0207. The lowest BCUT2D eigenvalue weighted by molar-refractivity contribution is 0.0661. The van der Waals surface area contributed by atoms with Crippen LogP contribution >= 0.6 is 0 Å². The normalized spacial score (nSPS) is 18.9. The Morgan fingerprint density at radius 2 is 2.20 bits per heavy atom. The van der Waals surface area contributed by atoms with Crippen molar-refractivity contribution in [1.29, 1.82) is 0 Å². The molecular formula is C13H17FN4O2. The summed E-state index contributed by atoms with van der Waals surface area (Å²) in [5.41, 5.74) is 5.26. The molecule has 0 bridgehead atoms. The molecular weight excluding hydrogens is 263 g/mol. The Morgan fingerprint density at radius 1 is 1.55 bits per heavy atom. The number of nitrogens with two attached hydrogens (primary N) is 1. The Hall–Kier alpha value is -2.18. The molecule has 1 aliphatic rings. The number of carbonyl (C=O) groups excluding carboxylic acids is 1. The van der Waals surface area contributed by atoms with Crippen LogP contribution in [0, 0.1) is 11.2 Å². The smallest absolute Gasteiger partial charge is 0.256 e. The molecule has 1 fully saturated rings. The number of pyridine rings is 1. The van der Waals surface area contributed by atoms with E-state index in [1.807, 2.05) is 6.92 Å². The third kappa shape index (κ3) is 2.56. The second-order valence-corrected chi connectivity index (χ2v) is 5.19. The van der Waals surface area contributed by atoms with Crippen LogP contribution in [-0.2, 0) is 0 Å². The molecule has 1 saturated heterocycles. The number of nitrogens with zero attached hydrogens (tertiary/aromatic N) is 3. The fourth-order valence-electron chi connectivity index (χ4n) is 2.30. The highest BCUT2D eigenvalue weighted by Gasteiger charge is 2.36. The van der Waals surface area contributed by atoms with E-state index in [9.17, 15) is 9.18 Å². The molecule has 6 nitrogen and oxygen atoms in total. The second kappa shape index (κ2) is 5.44. The SMILES string of the molecule is CC1(/C(N)=N/O)CCN(C(=O)c2ccncc2F)CC1. The number of hydrogen-bond donors (Lipinski definition) is 2. The van der Waals surface area contributed by atoms with Gasteiger partial charge in [0.1, 0.15) is 5.84 Å². The highest BCUT2D eigenvalue weighted by atomic mass is 19.1. The van der Waals surface area contributed by atoms with Gasteiger partial charge in [0.15, 0.2) is 5.82 Å². The number of likely N-dealkylation sites (tertiary alicyclic amines) is 1. The topological polar surface area (TPSA) is 91.8 Å². The van der Waals surface area contributed by atoms with E-state index >= 15 is 0 Å². The van der Waals surface area contributed by atoms with E-state index < -0.39 is 11.2 Å². The summed E-state index contributed by atoms with van der Waals surface area (Å²) < 4.78 is 13.5. The second-order valence-electron chi connectivity index (χ2n) is 5.19. The fourth-order valence-corrected chi connectivity index (χ4v) is 2.30. The van der Waals surface area contributed by atoms with Crippen LogP contribution in [0.2, 0.25) is 0 Å². The number of piperidine rings is 1. The van der Waals surface area contributed by atoms with E-state index in [0.717, 1.165) is 6.20 Å². The first-order chi connectivity index (χ1) is 9.48. The minimum Gasteiger partial charge on any atom is -0.409 e. The molecule has 0 atom stereocenters. The van der Waals surface area contributed by atoms with Crippen molar-refractivity contribution >= 4 is 11.7 Å². The molecule has 0 aromatic carbocycles. The molecule has 1 aromatic rings. The summed E-state index contributed by atoms with van der Waals surface area (Å²) >= 11 is 0. The standard InChI is InChI=1S/C13H17FN4O2/c1-13(12(15)17-20)3-6-18(7-4-13)11(19)9-2-5-16-8-10(9)14/h2,5,8,20H,3-4,6-7H2,1H3,(H2,15,17). The molecule has 0 saturated carbocycles. The van der Waals surface area contributed by atoms with Crippen molar-refractivity contribution in [2.24, 2.45) is 16.3 Å². The molecule has 2 heterocycles. The molecule has 3 N–H and O–H groups in total. The molecule has 1 amide bonds. The van der Waals surface area contributed by atoms with Crippen molar-refractivity contribution in [3.05, 3.63) is 29.8 Å². The molecule has 0 radical (unpaired) electrons. The number of hydrogen-bond acceptors (Lipinski definition) is 4. The molecule has 1 aliphatic heterocycles. The summed E-state index contributed by atoms with van der Waals surface area (Å²) in [6.45, 7) is 2.76. The van der Waals surface area contributed by atoms with Crippen LogP contribution in [0.25, 0.3) is 0 Å². The zero-order valence-corrected chi connectivity index (χ0v) is 11.2. The van der Waals surface area contributed by atoms with Gasteiger partial charge in [0.25, 0.3) is 5.91 Å². The van der Waals surface area contributed by atoms with Crippen LogP contribution in [-0.4, -0.2) is 39.9 Å². The Bertz CT molecular complexity index is 539. The Morgan fingerprint density at radius 3 is 2.75 bits per heavy atom. The Kier molecular flexibility index (Phi) is 3.87. The van der Waals surface area contributed by atoms with Gasteiger partial charge in [-0.05, 0) is 18.9 Å². The van der Waals surface area contributed by atoms with Crippen molar-refractivity contribution in [2.75, 3.05) is 13.1 Å². The molecule has 0 unspecified atom stereocenters. The van der Waals surface area contributed by atoms with E-state index in [4.69, 9.17) is 10.9 Å². The van der Waals surface area contributed by atoms with E-state index in [1.165, 1.54) is 12.3 Å². The molecule has 108 valence electrons. The minimum atomic E-state index is -0.623. The fraction of sp³-hybridized carbons (Fsp3) is 0.462. The van der Waals surface area contributed by atoms with Crippen LogP contribution in [0.3, 0.4) is 0 Å². The zero-order valence-electron chi connectivity index (χ0n) is 11.2. The largest absolute Gasteiger partial charge is 0.409 e. The zero-order chi connectivity index (χ0) is 14.8. The summed E-state index contributed by atoms with van der Waals surface area (Å²) in [6.07, 6.45) is 3.56. The maximum atomic E-state index is 13.5. The number of halogens is 1. The number of carbonyl (C=O) groups is 1. The van der Waals surface area contributed by atoms with Gasteiger partial charge in [-0.2, -0.15) is 0 Å². The van der Waals surface area contributed by atoms with Crippen LogP contribution in [0.1, 0.15) is 30.1 Å². The maximum absolute atomic E-state index is 13.5. The molecule has 7 heteroatoms. The predicted molar refractivity (Wildman–Crippen MR) is 70.8 cm³/mol. The predicted octanol–water partition coefficient (Wildman–Crippen LogP) is 1.21. The van der Waals surface area contributed by atoms with Crippen LogP contribution in [0.5, 0.6) is 0 Å². The first-order valence-corrected chi connectivity index (χ1v) is 6.35. The van der Waals surface area contributed by atoms with Crippen LogP contribution in [0.4, 0.5) is 4.39 Å². The number of oxime groups is 1. The first kappa shape index (κ1) is 14.2. The number of amides is 1. The summed E-state index contributed by atoms with van der Waals surface area (Å²) in [4.78, 5) is 17.4. The molecule has 0 spiro atoms. The third-order valence-electron chi connectivity index (χ3n) is 3.88. The van der Waals surface area contributed by atoms with Gasteiger partial charge < -0.3 is 15.8 Å². The van der Waals surface area contributed by atoms with Gasteiger partial charge in [-0.3, -0.25) is 9.78 Å². The van der Waals surface area contributed by atoms with Crippen molar-refractivity contribution in [3.63, 3.8) is 0 Å². The summed E-state index contributed by atoms with van der Waals surface area (Å²) in [6, 6.07) is 1.37. The molecule has 20 heavy (non-hydrogen) atoms. The van der Waals surface area contributed by atoms with Gasteiger partial charge in [0.2, 0.25) is 0 Å². The summed E-state index contributed by atoms with van der Waals surface area (Å²) in [5, 5.41) is 11.8. The Labute approximate surface area is 116 Å². The Balaban J connectivity index is 2.08. The van der Waals surface area contributed by atoms with Crippen molar-refractivity contribution < 1.29 is 14.4 Å². The third-order valence-corrected chi connectivity index (χ3v) is 3.88.